The van der Waals surface area contributed by atoms with Crippen molar-refractivity contribution < 1.29 is 9.81 Å². The van der Waals surface area contributed by atoms with Crippen LogP contribution in [0.5, 0.6) is 0 Å². The molecule has 0 aromatic carbocycles. The molecule has 64 valence electrons. The Morgan fingerprint density at radius 1 is 1.36 bits per heavy atom. The van der Waals surface area contributed by atoms with E-state index in [0.29, 0.717) is 6.61 Å². The molecule has 11 heavy (non-hydrogen) atoms. The number of nitrogens with zero attached hydrogens (tertiary/aromatic N) is 2. The third-order valence-electron chi connectivity index (χ3n) is 1.84. The Balaban J connectivity index is 2.27. The first-order chi connectivity index (χ1) is 5.34. The molecule has 0 aromatic rings. The Hall–Kier alpha value is -0.800. The average Bonchev–Trinajstić information content (AvgIpc) is 2.07. The van der Waals surface area contributed by atoms with Crippen LogP contribution in [0.2, 0.25) is 0 Å². The van der Waals surface area contributed by atoms with Crippen LogP contribution in [-0.4, -0.2) is 29.7 Å². The van der Waals surface area contributed by atoms with E-state index in [-0.39, 0.29) is 0 Å². The molecule has 1 N–H and O–H groups in total. The fourth-order valence-corrected chi connectivity index (χ4v) is 1.26. The smallest absolute Gasteiger partial charge is 0.219 e. The zero-order valence-corrected chi connectivity index (χ0v) is 7.05. The van der Waals surface area contributed by atoms with Crippen molar-refractivity contribution >= 4 is 0 Å². The zero-order valence-electron chi connectivity index (χ0n) is 7.05. The lowest BCUT2D eigenvalue weighted by Crippen LogP contribution is -2.37. The van der Waals surface area contributed by atoms with Crippen molar-refractivity contribution in [2.45, 2.75) is 26.2 Å². The van der Waals surface area contributed by atoms with Crippen molar-refractivity contribution in [3.63, 3.8) is 0 Å². The summed E-state index contributed by atoms with van der Waals surface area (Å²) in [5, 5.41) is 1.92. The summed E-state index contributed by atoms with van der Waals surface area (Å²) < 4.78 is 0. The first kappa shape index (κ1) is 8.30. The minimum atomic E-state index is 0.569. The summed E-state index contributed by atoms with van der Waals surface area (Å²) in [6.07, 6.45) is 3.65. The summed E-state index contributed by atoms with van der Waals surface area (Å²) in [5.41, 5.74) is 7.40. The van der Waals surface area contributed by atoms with E-state index in [0.717, 1.165) is 18.1 Å². The highest BCUT2D eigenvalue weighted by Gasteiger charge is 2.20. The molecular formula is C7H16N3O+. The lowest BCUT2D eigenvalue weighted by atomic mass is 10.2. The number of nitrogens with one attached hydrogen (secondary N) is 1. The molecule has 1 rings (SSSR count). The van der Waals surface area contributed by atoms with Gasteiger partial charge >= 0.3 is 0 Å². The van der Waals surface area contributed by atoms with Crippen molar-refractivity contribution in [3.05, 3.63) is 0 Å². The van der Waals surface area contributed by atoms with Crippen LogP contribution in [0.4, 0.5) is 0 Å². The van der Waals surface area contributed by atoms with Crippen LogP contribution in [0.1, 0.15) is 26.2 Å². The van der Waals surface area contributed by atoms with Crippen LogP contribution in [-0.2, 0) is 4.84 Å². The molecule has 1 heterocycles. The molecule has 1 saturated heterocycles. The lowest BCUT2D eigenvalue weighted by Gasteiger charge is -2.18. The summed E-state index contributed by atoms with van der Waals surface area (Å²) in [7, 11) is 0. The predicted octanol–water partition coefficient (Wildman–Crippen LogP) is 1.38. The third kappa shape index (κ3) is 2.37. The van der Waals surface area contributed by atoms with Gasteiger partial charge in [-0.05, 0) is 26.2 Å². The molecular weight excluding hydrogens is 142 g/mol. The Morgan fingerprint density at radius 3 is 2.55 bits per heavy atom. The highest BCUT2D eigenvalue weighted by atomic mass is 16.7. The normalized spacial score (nSPS) is 18.1. The van der Waals surface area contributed by atoms with Gasteiger partial charge in [0.25, 0.3) is 0 Å². The van der Waals surface area contributed by atoms with Gasteiger partial charge in [0.2, 0.25) is 4.97 Å². The van der Waals surface area contributed by atoms with E-state index >= 15 is 0 Å². The van der Waals surface area contributed by atoms with Gasteiger partial charge in [-0.25, -0.2) is 4.84 Å². The predicted molar refractivity (Wildman–Crippen MR) is 40.0 cm³/mol. The fraction of sp³-hybridized carbons (Fsp3) is 1.00. The molecule has 0 aromatic heterocycles. The van der Waals surface area contributed by atoms with Gasteiger partial charge < -0.3 is 0 Å². The number of hydrogen-bond acceptors (Lipinski definition) is 2. The van der Waals surface area contributed by atoms with E-state index in [1.54, 1.807) is 0 Å². The quantitative estimate of drug-likeness (QED) is 0.383. The maximum atomic E-state index is 7.40. The van der Waals surface area contributed by atoms with Gasteiger partial charge in [-0.3, -0.25) is 0 Å². The molecule has 0 saturated carbocycles. The minimum Gasteiger partial charge on any atom is -0.225 e. The average molecular weight is 158 g/mol. The topological polar surface area (TPSA) is 39.3 Å². The molecule has 0 radical (unpaired) electrons. The molecule has 0 bridgehead atoms. The molecule has 1 fully saturated rings. The Labute approximate surface area is 67.2 Å². The van der Waals surface area contributed by atoms with Crippen molar-refractivity contribution in [2.75, 3.05) is 19.7 Å². The molecule has 0 atom stereocenters. The van der Waals surface area contributed by atoms with Crippen LogP contribution < -0.4 is 0 Å². The number of hydrazine groups is 1. The van der Waals surface area contributed by atoms with Gasteiger partial charge in [0, 0.05) is 5.53 Å². The van der Waals surface area contributed by atoms with E-state index in [1.165, 1.54) is 19.3 Å². The third-order valence-corrected chi connectivity index (χ3v) is 1.84. The molecule has 0 unspecified atom stereocenters. The molecule has 0 spiro atoms. The maximum absolute atomic E-state index is 7.40. The van der Waals surface area contributed by atoms with Crippen molar-refractivity contribution in [1.29, 1.82) is 5.53 Å². The highest BCUT2D eigenvalue weighted by molar-refractivity contribution is 4.54. The van der Waals surface area contributed by atoms with Gasteiger partial charge in [-0.2, -0.15) is 0 Å². The van der Waals surface area contributed by atoms with E-state index in [1.807, 2.05) is 11.9 Å². The Morgan fingerprint density at radius 2 is 2.00 bits per heavy atom. The Bertz CT molecular complexity index is 132. The monoisotopic (exact) mass is 158 g/mol. The first-order valence-electron chi connectivity index (χ1n) is 4.23. The number of hydrogen-bond donors (Lipinski definition) is 1. The maximum Gasteiger partial charge on any atom is 0.219 e. The SMILES string of the molecule is CCO[N+](=N)N1CCCCC1. The number of piperidine rings is 1. The summed E-state index contributed by atoms with van der Waals surface area (Å²) in [5.74, 6) is 0. The molecule has 0 amide bonds. The van der Waals surface area contributed by atoms with Crippen molar-refractivity contribution in [2.24, 2.45) is 0 Å². The second kappa shape index (κ2) is 4.16. The summed E-state index contributed by atoms with van der Waals surface area (Å²) >= 11 is 0. The lowest BCUT2D eigenvalue weighted by molar-refractivity contribution is -0.952. The van der Waals surface area contributed by atoms with Gasteiger partial charge in [0.05, 0.1) is 13.1 Å². The molecule has 4 heteroatoms. The van der Waals surface area contributed by atoms with E-state index < -0.39 is 0 Å². The Kier molecular flexibility index (Phi) is 3.14. The molecule has 4 nitrogen and oxygen atoms in total. The van der Waals surface area contributed by atoms with Crippen LogP contribution in [0, 0.1) is 5.53 Å². The van der Waals surface area contributed by atoms with Gasteiger partial charge in [-0.15, -0.1) is 5.01 Å². The van der Waals surface area contributed by atoms with Gasteiger partial charge in [-0.1, -0.05) is 0 Å². The fourth-order valence-electron chi connectivity index (χ4n) is 1.26. The second-order valence-corrected chi connectivity index (χ2v) is 2.71. The van der Waals surface area contributed by atoms with E-state index in [9.17, 15) is 0 Å². The van der Waals surface area contributed by atoms with Crippen molar-refractivity contribution in [3.8, 4) is 0 Å². The molecule has 0 aliphatic carbocycles. The van der Waals surface area contributed by atoms with Crippen LogP contribution in [0.15, 0.2) is 0 Å². The highest BCUT2D eigenvalue weighted by Crippen LogP contribution is 2.08. The molecule has 1 aliphatic rings. The van der Waals surface area contributed by atoms with Crippen LogP contribution in [0.3, 0.4) is 0 Å². The van der Waals surface area contributed by atoms with Gasteiger partial charge in [0.1, 0.15) is 0 Å². The number of rotatable bonds is 3. The largest absolute Gasteiger partial charge is 0.225 e. The van der Waals surface area contributed by atoms with Crippen LogP contribution in [0.25, 0.3) is 0 Å². The van der Waals surface area contributed by atoms with E-state index in [4.69, 9.17) is 10.4 Å². The summed E-state index contributed by atoms with van der Waals surface area (Å²) in [6.45, 7) is 4.39. The van der Waals surface area contributed by atoms with Crippen molar-refractivity contribution in [1.82, 2.24) is 5.01 Å². The zero-order chi connectivity index (χ0) is 8.10. The van der Waals surface area contributed by atoms with Crippen LogP contribution >= 0.6 is 0 Å². The van der Waals surface area contributed by atoms with E-state index in [2.05, 4.69) is 0 Å². The molecule has 1 aliphatic heterocycles. The summed E-state index contributed by atoms with van der Waals surface area (Å²) in [4.78, 5) is 6.13. The summed E-state index contributed by atoms with van der Waals surface area (Å²) in [6, 6.07) is 0. The minimum absolute atomic E-state index is 0.569. The van der Waals surface area contributed by atoms with Gasteiger partial charge in [0.15, 0.2) is 6.61 Å². The standard InChI is InChI=1S/C7H16N3O/c1-2-11-10(8)9-6-4-3-5-7-9/h8H,2-7H2,1H3/q+1. The second-order valence-electron chi connectivity index (χ2n) is 2.71. The first-order valence-corrected chi connectivity index (χ1v) is 4.23.